The van der Waals surface area contributed by atoms with Crippen molar-refractivity contribution in [1.29, 1.82) is 0 Å². The zero-order chi connectivity index (χ0) is 39.0. The fourth-order valence-electron chi connectivity index (χ4n) is 6.67. The van der Waals surface area contributed by atoms with Gasteiger partial charge in [-0.15, -0.1) is 11.3 Å². The molecule has 3 N–H and O–H groups in total. The van der Waals surface area contributed by atoms with Crippen molar-refractivity contribution in [3.8, 4) is 17.1 Å². The number of alkyl carbamates (subject to hydrolysis) is 1. The summed E-state index contributed by atoms with van der Waals surface area (Å²) >= 11 is 8.12. The van der Waals surface area contributed by atoms with Crippen LogP contribution in [0.25, 0.3) is 22.3 Å². The summed E-state index contributed by atoms with van der Waals surface area (Å²) in [6.07, 6.45) is -0.223. The van der Waals surface area contributed by atoms with Gasteiger partial charge in [0.25, 0.3) is 0 Å². The van der Waals surface area contributed by atoms with Gasteiger partial charge in [0.15, 0.2) is 5.13 Å². The standard InChI is InChI=1S/C38H51ClN6O7S/c1-11-21-17-38(21,33(48)50-10)44-31(46)27-15-22(18-45(27)32(47)30(36(4,5)6)43-35(49)52-37(7,8)9)51-28-16-25(26-19-53-34(42-26)40-20(2)3)41-29-23(28)13-12-14-24(29)39/h12-14,16,19-22,27,30H,11,15,17-18H2,1-10H3,(H,40,42)(H,43,49)(H,44,46)/t21-,22-,27+,30-,38-/m1/s1. The minimum Gasteiger partial charge on any atom is -0.488 e. The van der Waals surface area contributed by atoms with Gasteiger partial charge in [-0.3, -0.25) is 9.59 Å². The topological polar surface area (TPSA) is 161 Å². The van der Waals surface area contributed by atoms with E-state index in [1.54, 1.807) is 39.0 Å². The lowest BCUT2D eigenvalue weighted by Crippen LogP contribution is -2.59. The number of hydrogen-bond donors (Lipinski definition) is 3. The van der Waals surface area contributed by atoms with Crippen molar-refractivity contribution in [3.63, 3.8) is 0 Å². The number of methoxy groups -OCH3 is 1. The molecule has 3 heterocycles. The van der Waals surface area contributed by atoms with Crippen LogP contribution in [0.4, 0.5) is 9.93 Å². The van der Waals surface area contributed by atoms with E-state index in [1.165, 1.54) is 23.3 Å². The first kappa shape index (κ1) is 40.0. The molecule has 0 radical (unpaired) electrons. The third-order valence-corrected chi connectivity index (χ3v) is 10.4. The molecule has 13 nitrogen and oxygen atoms in total. The second-order valence-electron chi connectivity index (χ2n) is 16.2. The van der Waals surface area contributed by atoms with Crippen molar-refractivity contribution in [2.75, 3.05) is 19.0 Å². The fourth-order valence-corrected chi connectivity index (χ4v) is 7.74. The first-order valence-electron chi connectivity index (χ1n) is 17.9. The molecule has 1 aliphatic carbocycles. The molecule has 2 aromatic heterocycles. The Morgan fingerprint density at radius 1 is 1.09 bits per heavy atom. The molecule has 2 fully saturated rings. The van der Waals surface area contributed by atoms with Gasteiger partial charge < -0.3 is 35.1 Å². The molecule has 0 bridgehead atoms. The maximum absolute atomic E-state index is 14.6. The van der Waals surface area contributed by atoms with Crippen LogP contribution < -0.4 is 20.7 Å². The highest BCUT2D eigenvalue weighted by Crippen LogP contribution is 2.47. The van der Waals surface area contributed by atoms with Gasteiger partial charge in [0, 0.05) is 29.3 Å². The van der Waals surface area contributed by atoms with Gasteiger partial charge in [-0.05, 0) is 64.5 Å². The van der Waals surface area contributed by atoms with E-state index in [2.05, 4.69) is 16.0 Å². The Balaban J connectivity index is 1.51. The van der Waals surface area contributed by atoms with Crippen LogP contribution >= 0.6 is 22.9 Å². The number of halogens is 1. The normalized spacial score (nSPS) is 22.0. The highest BCUT2D eigenvalue weighted by molar-refractivity contribution is 7.14. The number of nitrogens with one attached hydrogen (secondary N) is 3. The number of carbonyl (C=O) groups excluding carboxylic acids is 4. The van der Waals surface area contributed by atoms with Gasteiger partial charge in [0.2, 0.25) is 11.8 Å². The van der Waals surface area contributed by atoms with E-state index in [4.69, 9.17) is 35.8 Å². The predicted octanol–water partition coefficient (Wildman–Crippen LogP) is 6.58. The average molecular weight is 771 g/mol. The summed E-state index contributed by atoms with van der Waals surface area (Å²) < 4.78 is 17.3. The van der Waals surface area contributed by atoms with Gasteiger partial charge in [-0.1, -0.05) is 51.8 Å². The van der Waals surface area contributed by atoms with Gasteiger partial charge in [-0.25, -0.2) is 19.6 Å². The molecule has 3 amide bonds. The highest BCUT2D eigenvalue weighted by atomic mass is 35.5. The molecule has 1 saturated heterocycles. The van der Waals surface area contributed by atoms with Gasteiger partial charge in [0.05, 0.1) is 29.9 Å². The number of likely N-dealkylation sites (tertiary alicyclic amines) is 1. The van der Waals surface area contributed by atoms with E-state index in [0.29, 0.717) is 45.9 Å². The minimum absolute atomic E-state index is 0.0147. The predicted molar refractivity (Wildman–Crippen MR) is 205 cm³/mol. The van der Waals surface area contributed by atoms with E-state index in [1.807, 2.05) is 53.0 Å². The number of aromatic nitrogens is 2. The lowest BCUT2D eigenvalue weighted by molar-refractivity contribution is -0.148. The number of para-hydroxylation sites is 1. The Labute approximate surface area is 319 Å². The number of esters is 1. The largest absolute Gasteiger partial charge is 0.488 e. The van der Waals surface area contributed by atoms with Crippen LogP contribution in [0.3, 0.4) is 0 Å². The first-order valence-corrected chi connectivity index (χ1v) is 19.2. The van der Waals surface area contributed by atoms with Gasteiger partial charge in [-0.2, -0.15) is 0 Å². The molecule has 53 heavy (non-hydrogen) atoms. The van der Waals surface area contributed by atoms with Gasteiger partial charge in [0.1, 0.15) is 40.8 Å². The minimum atomic E-state index is -1.17. The van der Waals surface area contributed by atoms with Crippen LogP contribution in [0, 0.1) is 11.3 Å². The zero-order valence-electron chi connectivity index (χ0n) is 32.1. The van der Waals surface area contributed by atoms with Crippen LogP contribution in [-0.2, 0) is 23.9 Å². The maximum Gasteiger partial charge on any atom is 0.408 e. The summed E-state index contributed by atoms with van der Waals surface area (Å²) in [5.74, 6) is -1.16. The fraction of sp³-hybridized carbons (Fsp3) is 0.579. The summed E-state index contributed by atoms with van der Waals surface area (Å²) in [7, 11) is 1.29. The van der Waals surface area contributed by atoms with Crippen molar-refractivity contribution in [2.45, 2.75) is 117 Å². The van der Waals surface area contributed by atoms with Crippen LogP contribution in [0.5, 0.6) is 5.75 Å². The molecule has 1 saturated carbocycles. The SMILES string of the molecule is CC[C@@H]1C[C@]1(NC(=O)[C@@H]1C[C@@H](Oc2cc(-c3csc(NC(C)C)n3)nc3c(Cl)cccc23)CN1C(=O)[C@@H](NC(=O)OC(C)(C)C)C(C)(C)C)C(=O)OC. The molecule has 15 heteroatoms. The van der Waals surface area contributed by atoms with Crippen molar-refractivity contribution in [2.24, 2.45) is 11.3 Å². The Morgan fingerprint density at radius 2 is 1.81 bits per heavy atom. The number of ether oxygens (including phenoxy) is 3. The summed E-state index contributed by atoms with van der Waals surface area (Å²) in [6.45, 7) is 16.7. The Bertz CT molecular complexity index is 1870. The van der Waals surface area contributed by atoms with Crippen LogP contribution in [-0.4, -0.2) is 87.8 Å². The third-order valence-electron chi connectivity index (χ3n) is 9.34. The van der Waals surface area contributed by atoms with E-state index >= 15 is 0 Å². The molecule has 1 aliphatic heterocycles. The molecule has 288 valence electrons. The number of amides is 3. The van der Waals surface area contributed by atoms with Crippen molar-refractivity contribution in [1.82, 2.24) is 25.5 Å². The average Bonchev–Trinajstić information content (AvgIpc) is 3.34. The molecule has 5 atom stereocenters. The monoisotopic (exact) mass is 770 g/mol. The zero-order valence-corrected chi connectivity index (χ0v) is 33.7. The van der Waals surface area contributed by atoms with E-state index in [-0.39, 0.29) is 24.9 Å². The highest BCUT2D eigenvalue weighted by Gasteiger charge is 2.62. The van der Waals surface area contributed by atoms with E-state index < -0.39 is 58.6 Å². The quantitative estimate of drug-likeness (QED) is 0.182. The third kappa shape index (κ3) is 8.97. The smallest absolute Gasteiger partial charge is 0.408 e. The number of benzene rings is 1. The van der Waals surface area contributed by atoms with Crippen molar-refractivity contribution >= 4 is 62.8 Å². The number of fused-ring (bicyclic) bond motifs is 1. The van der Waals surface area contributed by atoms with E-state index in [0.717, 1.165) is 5.13 Å². The first-order chi connectivity index (χ1) is 24.8. The molecular weight excluding hydrogens is 720 g/mol. The van der Waals surface area contributed by atoms with Crippen LogP contribution in [0.1, 0.15) is 81.6 Å². The molecule has 0 unspecified atom stereocenters. The molecule has 2 aliphatic rings. The number of carbonyl (C=O) groups is 4. The van der Waals surface area contributed by atoms with Crippen molar-refractivity contribution < 1.29 is 33.4 Å². The van der Waals surface area contributed by atoms with E-state index in [9.17, 15) is 19.2 Å². The lowest BCUT2D eigenvalue weighted by atomic mass is 9.85. The molecule has 3 aromatic rings. The second-order valence-corrected chi connectivity index (χ2v) is 17.4. The van der Waals surface area contributed by atoms with Crippen LogP contribution in [0.2, 0.25) is 5.02 Å². The molecular formula is C38H51ClN6O7S. The van der Waals surface area contributed by atoms with Crippen LogP contribution in [0.15, 0.2) is 29.6 Å². The lowest BCUT2D eigenvalue weighted by Gasteiger charge is -2.36. The number of pyridine rings is 1. The Kier molecular flexibility index (Phi) is 11.5. The summed E-state index contributed by atoms with van der Waals surface area (Å²) in [5.41, 5.74) is -1.04. The number of rotatable bonds is 11. The number of thiazole rings is 1. The molecule has 1 aromatic carbocycles. The summed E-state index contributed by atoms with van der Waals surface area (Å²) in [6, 6.07) is 5.29. The van der Waals surface area contributed by atoms with Crippen molar-refractivity contribution in [3.05, 3.63) is 34.7 Å². The summed E-state index contributed by atoms with van der Waals surface area (Å²) in [5, 5.41) is 12.7. The molecule has 0 spiro atoms. The second kappa shape index (κ2) is 15.3. The number of nitrogens with zero attached hydrogens (tertiary/aromatic N) is 3. The summed E-state index contributed by atoms with van der Waals surface area (Å²) in [4.78, 5) is 65.7. The maximum atomic E-state index is 14.6. The molecule has 5 rings (SSSR count). The Morgan fingerprint density at radius 3 is 2.42 bits per heavy atom. The number of anilines is 1. The van der Waals surface area contributed by atoms with Gasteiger partial charge >= 0.3 is 12.1 Å². The number of hydrogen-bond acceptors (Lipinski definition) is 11. The Hall–Kier alpha value is -4.17.